The van der Waals surface area contributed by atoms with Gasteiger partial charge in [0.25, 0.3) is 5.91 Å². The lowest BCUT2D eigenvalue weighted by Crippen LogP contribution is -2.33. The summed E-state index contributed by atoms with van der Waals surface area (Å²) in [5.74, 6) is 2.35. The Balaban J connectivity index is 2.59. The Kier molecular flexibility index (Phi) is 4.26. The first-order chi connectivity index (χ1) is 7.17. The van der Waals surface area contributed by atoms with Gasteiger partial charge < -0.3 is 9.73 Å². The van der Waals surface area contributed by atoms with E-state index in [1.54, 1.807) is 0 Å². The number of carbonyl (C=O) groups excluding carboxylic acids is 1. The second-order valence-electron chi connectivity index (χ2n) is 3.09. The highest BCUT2D eigenvalue weighted by atomic mass is 35.5. The molecule has 0 radical (unpaired) electrons. The summed E-state index contributed by atoms with van der Waals surface area (Å²) in [5.41, 5.74) is 0. The molecule has 80 valence electrons. The third-order valence-corrected chi connectivity index (χ3v) is 2.08. The lowest BCUT2D eigenvalue weighted by Gasteiger charge is -2.10. The fourth-order valence-electron chi connectivity index (χ4n) is 1.15. The first-order valence-electron chi connectivity index (χ1n) is 4.69. The molecular formula is C11H12ClNO2. The van der Waals surface area contributed by atoms with E-state index in [0.717, 1.165) is 12.8 Å². The summed E-state index contributed by atoms with van der Waals surface area (Å²) in [6.45, 7) is 2.00. The van der Waals surface area contributed by atoms with Crippen molar-refractivity contribution < 1.29 is 9.21 Å². The molecule has 1 rings (SSSR count). The zero-order chi connectivity index (χ0) is 11.3. The van der Waals surface area contributed by atoms with Crippen LogP contribution in [0.3, 0.4) is 0 Å². The Morgan fingerprint density at radius 3 is 2.93 bits per heavy atom. The standard InChI is InChI=1S/C11H12ClNO2/c1-3-5-8(4-2)13-11(14)9-6-7-10(12)15-9/h2,6-8H,3,5H2,1H3,(H,13,14). The van der Waals surface area contributed by atoms with Gasteiger partial charge in [-0.1, -0.05) is 19.3 Å². The van der Waals surface area contributed by atoms with E-state index in [-0.39, 0.29) is 22.9 Å². The van der Waals surface area contributed by atoms with Gasteiger partial charge in [-0.25, -0.2) is 0 Å². The maximum Gasteiger partial charge on any atom is 0.288 e. The number of hydrogen-bond donors (Lipinski definition) is 1. The molecule has 0 aliphatic heterocycles. The summed E-state index contributed by atoms with van der Waals surface area (Å²) in [7, 11) is 0. The quantitative estimate of drug-likeness (QED) is 0.800. The minimum Gasteiger partial charge on any atom is -0.440 e. The molecule has 1 aromatic heterocycles. The van der Waals surface area contributed by atoms with Crippen molar-refractivity contribution in [1.82, 2.24) is 5.32 Å². The Bertz CT molecular complexity index is 378. The Labute approximate surface area is 93.8 Å². The minimum atomic E-state index is -0.335. The lowest BCUT2D eigenvalue weighted by molar-refractivity contribution is 0.0916. The molecule has 1 N–H and O–H groups in total. The van der Waals surface area contributed by atoms with E-state index in [0.29, 0.717) is 0 Å². The Morgan fingerprint density at radius 2 is 2.47 bits per heavy atom. The molecule has 0 aliphatic carbocycles. The normalized spacial score (nSPS) is 11.8. The van der Waals surface area contributed by atoms with Crippen molar-refractivity contribution in [3.63, 3.8) is 0 Å². The molecule has 15 heavy (non-hydrogen) atoms. The summed E-state index contributed by atoms with van der Waals surface area (Å²) in [6.07, 6.45) is 6.93. The van der Waals surface area contributed by atoms with E-state index in [1.165, 1.54) is 12.1 Å². The first-order valence-corrected chi connectivity index (χ1v) is 5.07. The SMILES string of the molecule is C#CC(CCC)NC(=O)c1ccc(Cl)o1. The fourth-order valence-corrected chi connectivity index (χ4v) is 1.30. The van der Waals surface area contributed by atoms with Crippen molar-refractivity contribution in [2.24, 2.45) is 0 Å². The number of amides is 1. The number of furan rings is 1. The molecule has 3 nitrogen and oxygen atoms in total. The van der Waals surface area contributed by atoms with Crippen LogP contribution in [0.15, 0.2) is 16.5 Å². The van der Waals surface area contributed by atoms with Gasteiger partial charge in [0.1, 0.15) is 0 Å². The van der Waals surface area contributed by atoms with Crippen LogP contribution in [0.1, 0.15) is 30.3 Å². The number of rotatable bonds is 4. The van der Waals surface area contributed by atoms with E-state index in [4.69, 9.17) is 22.4 Å². The van der Waals surface area contributed by atoms with Gasteiger partial charge in [-0.3, -0.25) is 4.79 Å². The molecule has 1 aromatic rings. The molecule has 0 aromatic carbocycles. The van der Waals surface area contributed by atoms with Gasteiger partial charge in [0.2, 0.25) is 0 Å². The lowest BCUT2D eigenvalue weighted by atomic mass is 10.2. The minimum absolute atomic E-state index is 0.177. The van der Waals surface area contributed by atoms with Crippen molar-refractivity contribution in [3.8, 4) is 12.3 Å². The van der Waals surface area contributed by atoms with Gasteiger partial charge in [-0.05, 0) is 30.2 Å². The van der Waals surface area contributed by atoms with Gasteiger partial charge in [0.15, 0.2) is 11.0 Å². The van der Waals surface area contributed by atoms with E-state index >= 15 is 0 Å². The van der Waals surface area contributed by atoms with Crippen LogP contribution in [0, 0.1) is 12.3 Å². The molecular weight excluding hydrogens is 214 g/mol. The second-order valence-corrected chi connectivity index (χ2v) is 3.46. The summed E-state index contributed by atoms with van der Waals surface area (Å²) in [4.78, 5) is 11.5. The van der Waals surface area contributed by atoms with E-state index in [2.05, 4.69) is 11.2 Å². The highest BCUT2D eigenvalue weighted by molar-refractivity contribution is 6.29. The monoisotopic (exact) mass is 225 g/mol. The molecule has 0 bridgehead atoms. The topological polar surface area (TPSA) is 42.2 Å². The maximum absolute atomic E-state index is 11.5. The van der Waals surface area contributed by atoms with Gasteiger partial charge in [-0.2, -0.15) is 0 Å². The molecule has 4 heteroatoms. The number of halogens is 1. The van der Waals surface area contributed by atoms with Crippen LogP contribution in [0.4, 0.5) is 0 Å². The number of carbonyl (C=O) groups is 1. The predicted molar refractivity (Wildman–Crippen MR) is 58.7 cm³/mol. The number of nitrogens with one attached hydrogen (secondary N) is 1. The summed E-state index contributed by atoms with van der Waals surface area (Å²) < 4.78 is 4.95. The van der Waals surface area contributed by atoms with Crippen LogP contribution >= 0.6 is 11.6 Å². The van der Waals surface area contributed by atoms with Crippen molar-refractivity contribution in [3.05, 3.63) is 23.1 Å². The molecule has 0 spiro atoms. The average molecular weight is 226 g/mol. The molecule has 0 aliphatic rings. The molecule has 0 saturated carbocycles. The Morgan fingerprint density at radius 1 is 1.73 bits per heavy atom. The zero-order valence-electron chi connectivity index (χ0n) is 8.42. The smallest absolute Gasteiger partial charge is 0.288 e. The van der Waals surface area contributed by atoms with Crippen molar-refractivity contribution >= 4 is 17.5 Å². The maximum atomic E-state index is 11.5. The van der Waals surface area contributed by atoms with Crippen LogP contribution in [0.5, 0.6) is 0 Å². The summed E-state index contributed by atoms with van der Waals surface area (Å²) in [6, 6.07) is 2.77. The van der Waals surface area contributed by atoms with Crippen molar-refractivity contribution in [2.75, 3.05) is 0 Å². The van der Waals surface area contributed by atoms with Crippen LogP contribution in [-0.4, -0.2) is 11.9 Å². The largest absolute Gasteiger partial charge is 0.440 e. The zero-order valence-corrected chi connectivity index (χ0v) is 9.17. The molecule has 1 atom stereocenters. The molecule has 0 fully saturated rings. The third kappa shape index (κ3) is 3.34. The molecule has 0 saturated heterocycles. The van der Waals surface area contributed by atoms with Gasteiger partial charge >= 0.3 is 0 Å². The van der Waals surface area contributed by atoms with E-state index in [9.17, 15) is 4.79 Å². The first kappa shape index (κ1) is 11.7. The van der Waals surface area contributed by atoms with E-state index < -0.39 is 0 Å². The number of terminal acetylenes is 1. The van der Waals surface area contributed by atoms with Crippen molar-refractivity contribution in [2.45, 2.75) is 25.8 Å². The van der Waals surface area contributed by atoms with Gasteiger partial charge in [-0.15, -0.1) is 6.42 Å². The molecule has 1 amide bonds. The molecule has 1 unspecified atom stereocenters. The van der Waals surface area contributed by atoms with Crippen LogP contribution in [-0.2, 0) is 0 Å². The predicted octanol–water partition coefficient (Wildman–Crippen LogP) is 2.46. The average Bonchev–Trinajstić information content (AvgIpc) is 2.64. The van der Waals surface area contributed by atoms with E-state index in [1.807, 2.05) is 6.92 Å². The molecule has 1 heterocycles. The summed E-state index contributed by atoms with van der Waals surface area (Å²) in [5, 5.41) is 2.86. The highest BCUT2D eigenvalue weighted by Crippen LogP contribution is 2.13. The highest BCUT2D eigenvalue weighted by Gasteiger charge is 2.13. The second kappa shape index (κ2) is 5.47. The van der Waals surface area contributed by atoms with Crippen LogP contribution < -0.4 is 5.32 Å². The van der Waals surface area contributed by atoms with Gasteiger partial charge in [0, 0.05) is 0 Å². The van der Waals surface area contributed by atoms with Gasteiger partial charge in [0.05, 0.1) is 6.04 Å². The van der Waals surface area contributed by atoms with Crippen LogP contribution in [0.25, 0.3) is 0 Å². The van der Waals surface area contributed by atoms with Crippen LogP contribution in [0.2, 0.25) is 5.22 Å². The number of hydrogen-bond acceptors (Lipinski definition) is 2. The third-order valence-electron chi connectivity index (χ3n) is 1.88. The Hall–Kier alpha value is -1.40. The van der Waals surface area contributed by atoms with Crippen molar-refractivity contribution in [1.29, 1.82) is 0 Å². The fraction of sp³-hybridized carbons (Fsp3) is 0.364. The summed E-state index contributed by atoms with van der Waals surface area (Å²) >= 11 is 5.55.